The first-order valence-electron chi connectivity index (χ1n) is 4.36. The van der Waals surface area contributed by atoms with Gasteiger partial charge in [-0.25, -0.2) is 0 Å². The largest absolute Gasteiger partial charge is 0.319 e. The van der Waals surface area contributed by atoms with E-state index in [9.17, 15) is 4.79 Å². The topological polar surface area (TPSA) is 20.3 Å². The quantitative estimate of drug-likeness (QED) is 0.488. The number of alkyl halides is 1. The van der Waals surface area contributed by atoms with Crippen LogP contribution in [0.1, 0.15) is 25.7 Å². The van der Waals surface area contributed by atoms with E-state index in [1.54, 1.807) is 4.90 Å². The molecule has 0 N–H and O–H groups in total. The fourth-order valence-electron chi connectivity index (χ4n) is 1.22. The predicted molar refractivity (Wildman–Crippen MR) is 50.0 cm³/mol. The summed E-state index contributed by atoms with van der Waals surface area (Å²) >= 11 is 5.51. The first-order valence-corrected chi connectivity index (χ1v) is 4.90. The second-order valence-corrected chi connectivity index (χ2v) is 3.28. The van der Waals surface area contributed by atoms with Gasteiger partial charge in [-0.1, -0.05) is 6.08 Å². The van der Waals surface area contributed by atoms with Crippen LogP contribution in [0.4, 0.5) is 0 Å². The van der Waals surface area contributed by atoms with Crippen LogP contribution in [-0.2, 0) is 4.79 Å². The van der Waals surface area contributed by atoms with E-state index in [1.165, 1.54) is 0 Å². The maximum absolute atomic E-state index is 11.1. The van der Waals surface area contributed by atoms with Crippen molar-refractivity contribution in [1.82, 2.24) is 4.90 Å². The van der Waals surface area contributed by atoms with Crippen LogP contribution in [0.15, 0.2) is 12.3 Å². The van der Waals surface area contributed by atoms with Gasteiger partial charge in [-0.2, -0.15) is 0 Å². The molecule has 1 rings (SSSR count). The number of carbonyl (C=O) groups excluding carboxylic acids is 1. The molecule has 1 amide bonds. The number of hydrogen-bond acceptors (Lipinski definition) is 1. The second kappa shape index (κ2) is 5.20. The molecule has 68 valence electrons. The highest BCUT2D eigenvalue weighted by atomic mass is 35.5. The lowest BCUT2D eigenvalue weighted by Gasteiger charge is -2.07. The maximum Gasteiger partial charge on any atom is 0.226 e. The Morgan fingerprint density at radius 1 is 1.58 bits per heavy atom. The molecule has 0 unspecified atom stereocenters. The number of hydrogen-bond donors (Lipinski definition) is 0. The van der Waals surface area contributed by atoms with Gasteiger partial charge in [0.1, 0.15) is 0 Å². The van der Waals surface area contributed by atoms with Crippen molar-refractivity contribution < 1.29 is 4.79 Å². The van der Waals surface area contributed by atoms with Gasteiger partial charge < -0.3 is 4.90 Å². The van der Waals surface area contributed by atoms with Crippen molar-refractivity contribution in [3.8, 4) is 0 Å². The molecule has 1 aliphatic heterocycles. The van der Waals surface area contributed by atoms with E-state index in [0.717, 1.165) is 25.8 Å². The summed E-state index contributed by atoms with van der Waals surface area (Å²) in [5.41, 5.74) is 0. The van der Waals surface area contributed by atoms with E-state index in [-0.39, 0.29) is 5.91 Å². The van der Waals surface area contributed by atoms with Gasteiger partial charge in [0.25, 0.3) is 0 Å². The number of amides is 1. The van der Waals surface area contributed by atoms with Gasteiger partial charge in [-0.15, -0.1) is 11.6 Å². The normalized spacial score (nSPS) is 18.1. The van der Waals surface area contributed by atoms with Gasteiger partial charge >= 0.3 is 0 Å². The van der Waals surface area contributed by atoms with Gasteiger partial charge in [0.05, 0.1) is 0 Å². The third kappa shape index (κ3) is 2.86. The van der Waals surface area contributed by atoms with Crippen molar-refractivity contribution in [2.75, 3.05) is 12.4 Å². The zero-order valence-corrected chi connectivity index (χ0v) is 7.89. The van der Waals surface area contributed by atoms with Crippen molar-refractivity contribution in [3.63, 3.8) is 0 Å². The summed E-state index contributed by atoms with van der Waals surface area (Å²) in [4.78, 5) is 12.9. The molecule has 1 fully saturated rings. The molecule has 0 atom stereocenters. The molecule has 0 radical (unpaired) electrons. The highest BCUT2D eigenvalue weighted by molar-refractivity contribution is 6.17. The molecule has 1 saturated heterocycles. The molecule has 1 heterocycles. The number of unbranched alkanes of at least 4 members (excludes halogenated alkanes) is 1. The summed E-state index contributed by atoms with van der Waals surface area (Å²) in [6.07, 6.45) is 7.57. The molecule has 3 heteroatoms. The van der Waals surface area contributed by atoms with Crippen molar-refractivity contribution in [3.05, 3.63) is 12.3 Å². The highest BCUT2D eigenvalue weighted by Crippen LogP contribution is 2.09. The van der Waals surface area contributed by atoms with Gasteiger partial charge in [0.15, 0.2) is 0 Å². The summed E-state index contributed by atoms with van der Waals surface area (Å²) in [5.74, 6) is 0.940. The van der Waals surface area contributed by atoms with Gasteiger partial charge in [0.2, 0.25) is 5.91 Å². The second-order valence-electron chi connectivity index (χ2n) is 2.91. The SMILES string of the molecule is O=C1CCCN1C=CCCCCl. The minimum absolute atomic E-state index is 0.247. The average molecular weight is 188 g/mol. The Morgan fingerprint density at radius 3 is 3.00 bits per heavy atom. The minimum Gasteiger partial charge on any atom is -0.319 e. The molecule has 2 nitrogen and oxygen atoms in total. The number of halogens is 1. The lowest BCUT2D eigenvalue weighted by Crippen LogP contribution is -2.17. The Hall–Kier alpha value is -0.500. The molecule has 0 aliphatic carbocycles. The lowest BCUT2D eigenvalue weighted by atomic mass is 10.3. The standard InChI is InChI=1S/C9H14ClNO/c10-6-2-1-3-7-11-8-4-5-9(11)12/h3,7H,1-2,4-6,8H2. The fraction of sp³-hybridized carbons (Fsp3) is 0.667. The molecular weight excluding hydrogens is 174 g/mol. The molecule has 0 aromatic carbocycles. The number of rotatable bonds is 4. The zero-order chi connectivity index (χ0) is 8.81. The summed E-state index contributed by atoms with van der Waals surface area (Å²) in [5, 5.41) is 0. The number of nitrogens with zero attached hydrogens (tertiary/aromatic N) is 1. The molecular formula is C9H14ClNO. The molecule has 12 heavy (non-hydrogen) atoms. The Morgan fingerprint density at radius 2 is 2.42 bits per heavy atom. The first-order chi connectivity index (χ1) is 5.84. The molecule has 1 aliphatic rings. The predicted octanol–water partition coefficient (Wildman–Crippen LogP) is 2.14. The summed E-state index contributed by atoms with van der Waals surface area (Å²) < 4.78 is 0. The molecule has 0 spiro atoms. The van der Waals surface area contributed by atoms with E-state index < -0.39 is 0 Å². The van der Waals surface area contributed by atoms with Crippen LogP contribution in [0.3, 0.4) is 0 Å². The number of likely N-dealkylation sites (tertiary alicyclic amines) is 1. The van der Waals surface area contributed by atoms with E-state index in [0.29, 0.717) is 12.3 Å². The number of carbonyl (C=O) groups is 1. The zero-order valence-electron chi connectivity index (χ0n) is 7.13. The van der Waals surface area contributed by atoms with E-state index in [1.807, 2.05) is 12.3 Å². The monoisotopic (exact) mass is 187 g/mol. The molecule has 0 aromatic rings. The van der Waals surface area contributed by atoms with Crippen molar-refractivity contribution >= 4 is 17.5 Å². The van der Waals surface area contributed by atoms with Crippen LogP contribution in [0.25, 0.3) is 0 Å². The molecule has 0 bridgehead atoms. The van der Waals surface area contributed by atoms with Crippen LogP contribution in [0.2, 0.25) is 0 Å². The maximum atomic E-state index is 11.1. The van der Waals surface area contributed by atoms with Gasteiger partial charge in [-0.05, 0) is 19.3 Å². The Labute approximate surface area is 78.2 Å². The third-order valence-corrected chi connectivity index (χ3v) is 2.17. The Bertz CT molecular complexity index is 179. The van der Waals surface area contributed by atoms with Crippen molar-refractivity contribution in [2.24, 2.45) is 0 Å². The van der Waals surface area contributed by atoms with Gasteiger partial charge in [0, 0.05) is 25.0 Å². The van der Waals surface area contributed by atoms with Crippen molar-refractivity contribution in [2.45, 2.75) is 25.7 Å². The van der Waals surface area contributed by atoms with E-state index >= 15 is 0 Å². The first kappa shape index (κ1) is 9.59. The number of allylic oxidation sites excluding steroid dienone is 1. The average Bonchev–Trinajstić information content (AvgIpc) is 2.46. The highest BCUT2D eigenvalue weighted by Gasteiger charge is 2.16. The molecule has 0 saturated carbocycles. The van der Waals surface area contributed by atoms with Crippen LogP contribution in [0.5, 0.6) is 0 Å². The summed E-state index contributed by atoms with van der Waals surface area (Å²) in [6, 6.07) is 0. The van der Waals surface area contributed by atoms with Crippen molar-refractivity contribution in [1.29, 1.82) is 0 Å². The Balaban J connectivity index is 2.20. The van der Waals surface area contributed by atoms with Crippen LogP contribution in [-0.4, -0.2) is 23.2 Å². The third-order valence-electron chi connectivity index (χ3n) is 1.90. The minimum atomic E-state index is 0.247. The van der Waals surface area contributed by atoms with Crippen LogP contribution in [0, 0.1) is 0 Å². The fourth-order valence-corrected chi connectivity index (χ4v) is 1.38. The van der Waals surface area contributed by atoms with E-state index in [4.69, 9.17) is 11.6 Å². The van der Waals surface area contributed by atoms with E-state index in [2.05, 4.69) is 0 Å². The smallest absolute Gasteiger partial charge is 0.226 e. The Kier molecular flexibility index (Phi) is 4.15. The summed E-state index contributed by atoms with van der Waals surface area (Å²) in [6.45, 7) is 0.885. The van der Waals surface area contributed by atoms with Crippen LogP contribution < -0.4 is 0 Å². The van der Waals surface area contributed by atoms with Crippen LogP contribution >= 0.6 is 11.6 Å². The molecule has 0 aromatic heterocycles. The summed E-state index contributed by atoms with van der Waals surface area (Å²) in [7, 11) is 0. The van der Waals surface area contributed by atoms with Gasteiger partial charge in [-0.3, -0.25) is 4.79 Å². The lowest BCUT2D eigenvalue weighted by molar-refractivity contribution is -0.125.